The van der Waals surface area contributed by atoms with Gasteiger partial charge in [-0.15, -0.1) is 0 Å². The summed E-state index contributed by atoms with van der Waals surface area (Å²) < 4.78 is 26.4. The van der Waals surface area contributed by atoms with Crippen molar-refractivity contribution in [3.8, 4) is 0 Å². The Morgan fingerprint density at radius 1 is 0.667 bits per heavy atom. The smallest absolute Gasteiger partial charge is 0.417 e. The van der Waals surface area contributed by atoms with E-state index in [2.05, 4.69) is 107 Å². The lowest BCUT2D eigenvalue weighted by atomic mass is 9.61. The van der Waals surface area contributed by atoms with Crippen LogP contribution in [0.5, 0.6) is 0 Å². The molecule has 0 saturated heterocycles. The van der Waals surface area contributed by atoms with Crippen LogP contribution in [0, 0.1) is 16.2 Å². The van der Waals surface area contributed by atoms with Gasteiger partial charge in [0.05, 0.1) is 0 Å². The molecule has 0 spiro atoms. The number of hydrogen-bond donors (Lipinski definition) is 1. The van der Waals surface area contributed by atoms with E-state index < -0.39 is 40.0 Å². The topological polar surface area (TPSA) is 57.2 Å². The van der Waals surface area contributed by atoms with E-state index in [4.69, 9.17) is 17.1 Å². The van der Waals surface area contributed by atoms with Crippen molar-refractivity contribution in [3.63, 3.8) is 0 Å². The average Bonchev–Trinajstić information content (AvgIpc) is 2.42. The molecule has 0 aromatic heterocycles. The van der Waals surface area contributed by atoms with Crippen LogP contribution in [0.1, 0.15) is 61.3 Å². The van der Waals surface area contributed by atoms with Gasteiger partial charge in [-0.2, -0.15) is 0 Å². The van der Waals surface area contributed by atoms with Gasteiger partial charge in [0, 0.05) is 18.1 Å². The Labute approximate surface area is 211 Å². The Morgan fingerprint density at radius 3 is 1.30 bits per heavy atom. The molecular formula is C24H58O5Si4. The predicted octanol–water partition coefficient (Wildman–Crippen LogP) is 7.69. The van der Waals surface area contributed by atoms with E-state index in [1.54, 1.807) is 0 Å². The molecule has 0 rings (SSSR count). The summed E-state index contributed by atoms with van der Waals surface area (Å²) in [7, 11) is -8.54. The Morgan fingerprint density at radius 2 is 1.03 bits per heavy atom. The van der Waals surface area contributed by atoms with E-state index in [1.807, 2.05) is 0 Å². The zero-order valence-corrected chi connectivity index (χ0v) is 29.0. The molecule has 2 unspecified atom stereocenters. The highest BCUT2D eigenvalue weighted by molar-refractivity contribution is 6.90. The summed E-state index contributed by atoms with van der Waals surface area (Å²) in [6.45, 7) is 35.7. The summed E-state index contributed by atoms with van der Waals surface area (Å²) in [5.74, 6) is 0. The molecular weight excluding hydrogens is 481 g/mol. The molecule has 0 radical (unpaired) electrons. The Kier molecular flexibility index (Phi) is 11.6. The van der Waals surface area contributed by atoms with Crippen LogP contribution in [0.15, 0.2) is 0 Å². The maximum Gasteiger partial charge on any atom is 0.469 e. The van der Waals surface area contributed by atoms with Gasteiger partial charge in [-0.3, -0.25) is 0 Å². The average molecular weight is 539 g/mol. The molecule has 0 amide bonds. The molecule has 33 heavy (non-hydrogen) atoms. The fraction of sp³-hybridized carbons (Fsp3) is 1.00. The van der Waals surface area contributed by atoms with Crippen LogP contribution in [0.2, 0.25) is 65.0 Å². The fourth-order valence-corrected chi connectivity index (χ4v) is 18.7. The first kappa shape index (κ1) is 33.7. The van der Waals surface area contributed by atoms with Crippen molar-refractivity contribution < 1.29 is 22.2 Å². The molecule has 0 bridgehead atoms. The molecule has 2 atom stereocenters. The molecule has 0 fully saturated rings. The second-order valence-electron chi connectivity index (χ2n) is 15.1. The van der Waals surface area contributed by atoms with Crippen LogP contribution < -0.4 is 0 Å². The first-order valence-electron chi connectivity index (χ1n) is 12.6. The molecule has 0 aliphatic carbocycles. The zero-order valence-electron chi connectivity index (χ0n) is 25.0. The predicted molar refractivity (Wildman–Crippen MR) is 152 cm³/mol. The lowest BCUT2D eigenvalue weighted by Gasteiger charge is -2.48. The Balaban J connectivity index is 5.59. The van der Waals surface area contributed by atoms with E-state index in [9.17, 15) is 5.11 Å². The van der Waals surface area contributed by atoms with Crippen molar-refractivity contribution in [2.75, 3.05) is 6.61 Å². The third kappa shape index (κ3) is 13.5. The highest BCUT2D eigenvalue weighted by atomic mass is 28.5. The number of rotatable bonds is 13. The fourth-order valence-electron chi connectivity index (χ4n) is 4.11. The monoisotopic (exact) mass is 538 g/mol. The van der Waals surface area contributed by atoms with E-state index in [1.165, 1.54) is 0 Å². The summed E-state index contributed by atoms with van der Waals surface area (Å²) >= 11 is 0. The van der Waals surface area contributed by atoms with Crippen molar-refractivity contribution in [1.82, 2.24) is 0 Å². The minimum Gasteiger partial charge on any atom is -0.417 e. The van der Waals surface area contributed by atoms with Gasteiger partial charge in [0.15, 0.2) is 31.2 Å². The molecule has 0 aliphatic heterocycles. The first-order chi connectivity index (χ1) is 14.2. The van der Waals surface area contributed by atoms with E-state index >= 15 is 0 Å². The molecule has 0 aromatic rings. The van der Waals surface area contributed by atoms with E-state index in [-0.39, 0.29) is 16.2 Å². The van der Waals surface area contributed by atoms with Gasteiger partial charge in [-0.1, -0.05) is 48.5 Å². The Bertz CT molecular complexity index is 554. The van der Waals surface area contributed by atoms with Gasteiger partial charge in [0.2, 0.25) is 0 Å². The van der Waals surface area contributed by atoms with Crippen molar-refractivity contribution in [3.05, 3.63) is 0 Å². The summed E-state index contributed by atoms with van der Waals surface area (Å²) in [5, 5.41) is 11.2. The molecule has 0 aliphatic rings. The van der Waals surface area contributed by atoms with Gasteiger partial charge < -0.3 is 22.2 Å². The third-order valence-corrected chi connectivity index (χ3v) is 17.5. The minimum atomic E-state index is -2.87. The van der Waals surface area contributed by atoms with Gasteiger partial charge >= 0.3 is 8.80 Å². The maximum atomic E-state index is 11.2. The summed E-state index contributed by atoms with van der Waals surface area (Å²) in [6, 6.07) is 0.726. The summed E-state index contributed by atoms with van der Waals surface area (Å²) in [5.41, 5.74) is -0.366. The van der Waals surface area contributed by atoms with E-state index in [0.29, 0.717) is 6.61 Å². The Hall–Kier alpha value is 0.668. The van der Waals surface area contributed by atoms with Gasteiger partial charge in [-0.25, -0.2) is 0 Å². The molecule has 0 saturated carbocycles. The van der Waals surface area contributed by atoms with Crippen LogP contribution in [0.4, 0.5) is 0 Å². The SMILES string of the molecule is CC(C)(C)CC(C)(C(O)OCCC[Si](O[Si](C)(C)C)(O[Si](C)(C)C)O[Si](C)(C)C)C(C)(C)C. The number of aliphatic hydroxyl groups is 1. The maximum absolute atomic E-state index is 11.2. The van der Waals surface area contributed by atoms with Gasteiger partial charge in [-0.05, 0) is 82.6 Å². The second kappa shape index (κ2) is 11.4. The first-order valence-corrected chi connectivity index (χ1v) is 24.8. The minimum absolute atomic E-state index is 0.0932. The normalized spacial score (nSPS) is 17.7. The standard InChI is InChI=1S/C24H58O5Si4/c1-22(2,3)20-24(7,23(4,5)6)21(25)26-18-17-19-33(27-30(8,9)10,28-31(11,12)13)29-32(14,15)16/h21,25H,17-20H2,1-16H3. The third-order valence-electron chi connectivity index (χ3n) is 5.44. The molecule has 0 heterocycles. The lowest BCUT2D eigenvalue weighted by molar-refractivity contribution is -0.212. The molecule has 1 N–H and O–H groups in total. The van der Waals surface area contributed by atoms with Crippen LogP contribution >= 0.6 is 0 Å². The lowest BCUT2D eigenvalue weighted by Crippen LogP contribution is -2.60. The summed E-state index contributed by atoms with van der Waals surface area (Å²) in [6.07, 6.45) is 0.791. The van der Waals surface area contributed by atoms with E-state index in [0.717, 1.165) is 18.9 Å². The highest BCUT2D eigenvalue weighted by Crippen LogP contribution is 2.49. The zero-order chi connectivity index (χ0) is 26.7. The molecule has 5 nitrogen and oxygen atoms in total. The number of aliphatic hydroxyl groups excluding tert-OH is 1. The van der Waals surface area contributed by atoms with Crippen molar-refractivity contribution in [2.45, 2.75) is 133 Å². The number of ether oxygens (including phenoxy) is 1. The van der Waals surface area contributed by atoms with Crippen LogP contribution in [0.25, 0.3) is 0 Å². The highest BCUT2D eigenvalue weighted by Gasteiger charge is 2.50. The van der Waals surface area contributed by atoms with Gasteiger partial charge in [0.25, 0.3) is 0 Å². The van der Waals surface area contributed by atoms with Crippen LogP contribution in [-0.4, -0.2) is 51.8 Å². The molecule has 9 heteroatoms. The van der Waals surface area contributed by atoms with Crippen LogP contribution in [-0.2, 0) is 17.1 Å². The van der Waals surface area contributed by atoms with Gasteiger partial charge in [0.1, 0.15) is 0 Å². The van der Waals surface area contributed by atoms with Crippen LogP contribution in [0.3, 0.4) is 0 Å². The molecule has 0 aromatic carbocycles. The quantitative estimate of drug-likeness (QED) is 0.148. The second-order valence-corrected chi connectivity index (χ2v) is 32.0. The van der Waals surface area contributed by atoms with Crippen molar-refractivity contribution >= 4 is 33.8 Å². The number of hydrogen-bond acceptors (Lipinski definition) is 5. The molecule has 200 valence electrons. The van der Waals surface area contributed by atoms with Crippen molar-refractivity contribution in [2.24, 2.45) is 16.2 Å². The summed E-state index contributed by atoms with van der Waals surface area (Å²) in [4.78, 5) is 0. The largest absolute Gasteiger partial charge is 0.469 e. The van der Waals surface area contributed by atoms with Crippen molar-refractivity contribution in [1.29, 1.82) is 0 Å².